The standard InChI is InChI=1S/C40H52N14O6/c1-8-53-29(17-23(3)47-53)37(57)45-39-44-27-19-25(35(41)55)22-32(60-16-12-13-49(5)43)33(27)51(39)14-10-11-15-52-34-28(20-26(36(42)56)21-31(34)59-7)50(6)40(52)46-38(58)30-18-24(4)48-54(30)9-2/h10-11,17-22,40H,8-9,12-16,43H2,1-7H3,(H2,41,55)(H2,42,56)(H,46,58)(H,44,45,57)/b11-10+. The van der Waals surface area contributed by atoms with Gasteiger partial charge < -0.3 is 40.6 Å². The van der Waals surface area contributed by atoms with E-state index in [-0.39, 0.29) is 42.7 Å². The zero-order valence-electron chi connectivity index (χ0n) is 34.9. The molecular weight excluding hydrogens is 773 g/mol. The predicted molar refractivity (Wildman–Crippen MR) is 226 cm³/mol. The maximum atomic E-state index is 13.8. The van der Waals surface area contributed by atoms with Crippen molar-refractivity contribution < 1.29 is 28.7 Å². The molecule has 60 heavy (non-hydrogen) atoms. The SMILES string of the molecule is CCn1nc(C)cc1C(=O)Nc1nc2cc(C(N)=O)cc(OCCCN(C)N)c2n1C/C=C/CN1c2c(OC)cc(C(N)=O)cc2N(C)C1NC(=O)c1cc(C)nn1CC. The fraction of sp³-hybridized carbons (Fsp3) is 0.375. The van der Waals surface area contributed by atoms with Crippen molar-refractivity contribution in [3.63, 3.8) is 0 Å². The minimum absolute atomic E-state index is 0.177. The van der Waals surface area contributed by atoms with Gasteiger partial charge in [0.05, 0.1) is 36.3 Å². The summed E-state index contributed by atoms with van der Waals surface area (Å²) in [5.41, 5.74) is 16.1. The third kappa shape index (κ3) is 8.73. The largest absolute Gasteiger partial charge is 0.494 e. The van der Waals surface area contributed by atoms with Gasteiger partial charge in [-0.2, -0.15) is 10.2 Å². The number of allylic oxidation sites excluding steroid dienone is 1. The van der Waals surface area contributed by atoms with Crippen LogP contribution >= 0.6 is 0 Å². The number of rotatable bonds is 18. The number of nitrogens with zero attached hydrogens (tertiary/aromatic N) is 9. The number of hydrazine groups is 1. The zero-order chi connectivity index (χ0) is 43.4. The maximum Gasteiger partial charge on any atom is 0.276 e. The number of benzene rings is 2. The van der Waals surface area contributed by atoms with E-state index < -0.39 is 24.0 Å². The van der Waals surface area contributed by atoms with Crippen LogP contribution in [-0.2, 0) is 19.6 Å². The molecule has 1 unspecified atom stereocenters. The summed E-state index contributed by atoms with van der Waals surface area (Å²) in [6.07, 6.45) is 3.63. The average molecular weight is 825 g/mol. The Morgan fingerprint density at radius 2 is 1.47 bits per heavy atom. The minimum atomic E-state index is -0.731. The number of nitrogens with one attached hydrogen (secondary N) is 2. The maximum absolute atomic E-state index is 13.8. The van der Waals surface area contributed by atoms with Crippen molar-refractivity contribution in [2.45, 2.75) is 60.0 Å². The number of methoxy groups -OCH3 is 1. The second-order valence-corrected chi connectivity index (χ2v) is 14.4. The van der Waals surface area contributed by atoms with Crippen LogP contribution in [-0.4, -0.2) is 105 Å². The molecule has 0 saturated heterocycles. The normalized spacial score (nSPS) is 13.7. The summed E-state index contributed by atoms with van der Waals surface area (Å²) in [5.74, 6) is 4.64. The fourth-order valence-corrected chi connectivity index (χ4v) is 7.19. The Kier molecular flexibility index (Phi) is 12.7. The van der Waals surface area contributed by atoms with Gasteiger partial charge in [0.1, 0.15) is 34.1 Å². The highest BCUT2D eigenvalue weighted by Gasteiger charge is 2.38. The molecule has 318 valence electrons. The summed E-state index contributed by atoms with van der Waals surface area (Å²) in [7, 11) is 5.04. The number of ether oxygens (including phenoxy) is 2. The zero-order valence-corrected chi connectivity index (χ0v) is 34.9. The molecular formula is C40H52N14O6. The van der Waals surface area contributed by atoms with E-state index in [0.29, 0.717) is 82.7 Å². The van der Waals surface area contributed by atoms with Crippen molar-refractivity contribution in [3.05, 3.63) is 82.5 Å². The van der Waals surface area contributed by atoms with Gasteiger partial charge in [0, 0.05) is 57.9 Å². The monoisotopic (exact) mass is 824 g/mol. The molecule has 0 saturated carbocycles. The third-order valence-electron chi connectivity index (χ3n) is 10.0. The van der Waals surface area contributed by atoms with Gasteiger partial charge in [-0.25, -0.2) is 4.98 Å². The van der Waals surface area contributed by atoms with Gasteiger partial charge in [-0.1, -0.05) is 12.2 Å². The summed E-state index contributed by atoms with van der Waals surface area (Å²) in [5, 5.41) is 16.5. The first-order chi connectivity index (χ1) is 28.6. The van der Waals surface area contributed by atoms with Gasteiger partial charge in [0.25, 0.3) is 11.8 Å². The minimum Gasteiger partial charge on any atom is -0.494 e. The Morgan fingerprint density at radius 3 is 2.07 bits per heavy atom. The quantitative estimate of drug-likeness (QED) is 0.0369. The fourth-order valence-electron chi connectivity index (χ4n) is 7.19. The molecule has 5 aromatic rings. The number of fused-ring (bicyclic) bond motifs is 2. The van der Waals surface area contributed by atoms with Crippen LogP contribution < -0.4 is 47.2 Å². The van der Waals surface area contributed by atoms with Gasteiger partial charge >= 0.3 is 0 Å². The van der Waals surface area contributed by atoms with Gasteiger partial charge in [-0.3, -0.25) is 44.7 Å². The van der Waals surface area contributed by atoms with E-state index in [0.717, 1.165) is 0 Å². The summed E-state index contributed by atoms with van der Waals surface area (Å²) >= 11 is 0. The number of imidazole rings is 1. The lowest BCUT2D eigenvalue weighted by Gasteiger charge is -2.31. The Balaban J connectivity index is 1.38. The van der Waals surface area contributed by atoms with Crippen molar-refractivity contribution >= 4 is 52.0 Å². The summed E-state index contributed by atoms with van der Waals surface area (Å²) in [4.78, 5) is 60.9. The number of aromatic nitrogens is 6. The molecule has 20 heteroatoms. The first kappa shape index (κ1) is 42.7. The number of primary amides is 2. The first-order valence-electron chi connectivity index (χ1n) is 19.5. The Labute approximate surface area is 346 Å². The number of nitrogens with two attached hydrogens (primary N) is 3. The van der Waals surface area contributed by atoms with Crippen LogP contribution in [0.25, 0.3) is 11.0 Å². The van der Waals surface area contributed by atoms with E-state index in [2.05, 4.69) is 20.8 Å². The molecule has 2 aromatic carbocycles. The van der Waals surface area contributed by atoms with E-state index in [4.69, 9.17) is 31.8 Å². The molecule has 0 fully saturated rings. The van der Waals surface area contributed by atoms with E-state index in [9.17, 15) is 19.2 Å². The molecule has 1 aliphatic heterocycles. The van der Waals surface area contributed by atoms with Gasteiger partial charge in [-0.05, 0) is 70.5 Å². The molecule has 1 atom stereocenters. The Morgan fingerprint density at radius 1 is 0.867 bits per heavy atom. The number of hydrogen-bond acceptors (Lipinski definition) is 13. The lowest BCUT2D eigenvalue weighted by Crippen LogP contribution is -2.54. The van der Waals surface area contributed by atoms with Gasteiger partial charge in [-0.15, -0.1) is 0 Å². The van der Waals surface area contributed by atoms with Crippen LogP contribution in [0.3, 0.4) is 0 Å². The lowest BCUT2D eigenvalue weighted by atomic mass is 10.1. The van der Waals surface area contributed by atoms with E-state index in [1.165, 1.54) is 7.11 Å². The van der Waals surface area contributed by atoms with Crippen LogP contribution in [0.2, 0.25) is 0 Å². The molecule has 1 aliphatic rings. The second kappa shape index (κ2) is 17.9. The van der Waals surface area contributed by atoms with Crippen LogP contribution in [0.4, 0.5) is 17.3 Å². The van der Waals surface area contributed by atoms with Crippen molar-refractivity contribution in [1.29, 1.82) is 0 Å². The third-order valence-corrected chi connectivity index (χ3v) is 10.0. The molecule has 20 nitrogen and oxygen atoms in total. The molecule has 0 aliphatic carbocycles. The number of carbonyl (C=O) groups is 4. The molecule has 0 radical (unpaired) electrons. The summed E-state index contributed by atoms with van der Waals surface area (Å²) in [6, 6.07) is 9.76. The highest BCUT2D eigenvalue weighted by atomic mass is 16.5. The van der Waals surface area contributed by atoms with Crippen LogP contribution in [0, 0.1) is 13.8 Å². The number of hydrogen-bond donors (Lipinski definition) is 5. The molecule has 8 N–H and O–H groups in total. The van der Waals surface area contributed by atoms with Crippen molar-refractivity contribution in [2.75, 3.05) is 56.0 Å². The summed E-state index contributed by atoms with van der Waals surface area (Å²) < 4.78 is 17.0. The number of aryl methyl sites for hydroxylation is 4. The molecule has 0 bridgehead atoms. The van der Waals surface area contributed by atoms with Gasteiger partial charge in [0.15, 0.2) is 6.29 Å². The highest BCUT2D eigenvalue weighted by molar-refractivity contribution is 6.04. The first-order valence-corrected chi connectivity index (χ1v) is 19.5. The number of amides is 4. The molecule has 0 spiro atoms. The van der Waals surface area contributed by atoms with E-state index in [1.807, 2.05) is 42.7 Å². The highest BCUT2D eigenvalue weighted by Crippen LogP contribution is 2.45. The predicted octanol–water partition coefficient (Wildman–Crippen LogP) is 2.35. The molecule has 6 rings (SSSR count). The van der Waals surface area contributed by atoms with Crippen LogP contribution in [0.1, 0.15) is 73.3 Å². The number of carbonyl (C=O) groups excluding carboxylic acids is 4. The smallest absolute Gasteiger partial charge is 0.276 e. The molecule has 3 aromatic heterocycles. The van der Waals surface area contributed by atoms with Crippen molar-refractivity contribution in [2.24, 2.45) is 17.3 Å². The van der Waals surface area contributed by atoms with E-state index >= 15 is 0 Å². The Hall–Kier alpha value is -6.93. The average Bonchev–Trinajstić information content (AvgIpc) is 3.96. The van der Waals surface area contributed by atoms with Gasteiger partial charge in [0.2, 0.25) is 17.8 Å². The van der Waals surface area contributed by atoms with Crippen LogP contribution in [0.5, 0.6) is 11.5 Å². The topological polar surface area (TPSA) is 252 Å². The van der Waals surface area contributed by atoms with Crippen LogP contribution in [0.15, 0.2) is 48.6 Å². The van der Waals surface area contributed by atoms with Crippen molar-refractivity contribution in [3.8, 4) is 11.5 Å². The molecule has 4 amide bonds. The Bertz CT molecular complexity index is 2470. The lowest BCUT2D eigenvalue weighted by molar-refractivity contribution is 0.0924. The van der Waals surface area contributed by atoms with E-state index in [1.54, 1.807) is 76.4 Å². The molecule has 4 heterocycles. The number of anilines is 3. The van der Waals surface area contributed by atoms with Crippen molar-refractivity contribution in [1.82, 2.24) is 39.4 Å². The summed E-state index contributed by atoms with van der Waals surface area (Å²) in [6.45, 7) is 9.63. The second-order valence-electron chi connectivity index (χ2n) is 14.4.